The number of carbonyl (C=O) groups excluding carboxylic acids is 1. The third kappa shape index (κ3) is 4.46. The first-order valence-corrected chi connectivity index (χ1v) is 10.3. The number of esters is 1. The Morgan fingerprint density at radius 3 is 2.31 bits per heavy atom. The van der Waals surface area contributed by atoms with Crippen molar-refractivity contribution in [3.63, 3.8) is 0 Å². The van der Waals surface area contributed by atoms with Gasteiger partial charge in [0.1, 0.15) is 12.2 Å². The monoisotopic (exact) mass is 437 g/mol. The van der Waals surface area contributed by atoms with Gasteiger partial charge in [-0.3, -0.25) is 4.79 Å². The van der Waals surface area contributed by atoms with Crippen molar-refractivity contribution in [2.24, 2.45) is 0 Å². The molecule has 0 unspecified atom stereocenters. The summed E-state index contributed by atoms with van der Waals surface area (Å²) in [6.07, 6.45) is 0. The first-order chi connectivity index (χ1) is 15.4. The number of rotatable bonds is 8. The van der Waals surface area contributed by atoms with Gasteiger partial charge in [0.05, 0.1) is 20.8 Å². The molecule has 0 aliphatic carbocycles. The molecule has 2 aromatic carbocycles. The van der Waals surface area contributed by atoms with Gasteiger partial charge in [-0.15, -0.1) is 0 Å². The van der Waals surface area contributed by atoms with Crippen LogP contribution in [0, 0.1) is 13.8 Å². The molecule has 1 N–H and O–H groups in total. The zero-order valence-electron chi connectivity index (χ0n) is 18.9. The van der Waals surface area contributed by atoms with Gasteiger partial charge in [-0.05, 0) is 44.0 Å². The average Bonchev–Trinajstić information content (AvgIpc) is 2.80. The summed E-state index contributed by atoms with van der Waals surface area (Å²) < 4.78 is 22.4. The van der Waals surface area contributed by atoms with Crippen molar-refractivity contribution in [3.8, 4) is 28.4 Å². The van der Waals surface area contributed by atoms with Crippen molar-refractivity contribution >= 4 is 5.97 Å². The van der Waals surface area contributed by atoms with Crippen LogP contribution in [0.1, 0.15) is 34.1 Å². The van der Waals surface area contributed by atoms with E-state index >= 15 is 0 Å². The minimum Gasteiger partial charge on any atom is -0.493 e. The molecule has 0 saturated heterocycles. The maximum atomic E-state index is 12.8. The Bertz CT molecular complexity index is 1170. The highest BCUT2D eigenvalue weighted by Crippen LogP contribution is 2.46. The molecule has 0 saturated carbocycles. The fourth-order valence-electron chi connectivity index (χ4n) is 3.52. The van der Waals surface area contributed by atoms with Crippen molar-refractivity contribution in [1.29, 1.82) is 0 Å². The third-order valence-corrected chi connectivity index (χ3v) is 5.19. The van der Waals surface area contributed by atoms with E-state index in [1.807, 2.05) is 37.3 Å². The molecule has 1 aromatic heterocycles. The number of methoxy groups -OCH3 is 2. The molecule has 0 spiro atoms. The lowest BCUT2D eigenvalue weighted by Gasteiger charge is -2.20. The summed E-state index contributed by atoms with van der Waals surface area (Å²) in [5.74, 6) is 0.509. The topological polar surface area (TPSA) is 86.8 Å². The smallest absolute Gasteiger partial charge is 0.344 e. The molecular formula is C25H27NO6. The van der Waals surface area contributed by atoms with Crippen LogP contribution in [0.5, 0.6) is 17.2 Å². The molecule has 1 heterocycles. The predicted molar refractivity (Wildman–Crippen MR) is 122 cm³/mol. The Labute approximate surface area is 186 Å². The number of carbonyl (C=O) groups is 1. The zero-order valence-corrected chi connectivity index (χ0v) is 18.9. The number of H-pyrrole nitrogens is 1. The number of aromatic nitrogens is 1. The summed E-state index contributed by atoms with van der Waals surface area (Å²) in [5.41, 5.74) is 2.69. The SMILES string of the molecule is CCOC(=O)c1c(-c2ccc(OC)c(OC)c2OCc2ccccc2)c(C)c(C)[nH]c1=O. The Morgan fingerprint density at radius 2 is 1.69 bits per heavy atom. The van der Waals surface area contributed by atoms with Crippen LogP contribution < -0.4 is 19.8 Å². The highest BCUT2D eigenvalue weighted by molar-refractivity contribution is 5.99. The maximum Gasteiger partial charge on any atom is 0.344 e. The second kappa shape index (κ2) is 10.0. The van der Waals surface area contributed by atoms with Crippen LogP contribution in [0.25, 0.3) is 11.1 Å². The maximum absolute atomic E-state index is 12.8. The minimum absolute atomic E-state index is 0.0771. The number of hydrogen-bond acceptors (Lipinski definition) is 6. The van der Waals surface area contributed by atoms with E-state index in [1.54, 1.807) is 26.0 Å². The van der Waals surface area contributed by atoms with E-state index in [2.05, 4.69) is 4.98 Å². The van der Waals surface area contributed by atoms with Crippen LogP contribution in [0.15, 0.2) is 47.3 Å². The molecular weight excluding hydrogens is 410 g/mol. The van der Waals surface area contributed by atoms with Gasteiger partial charge in [-0.25, -0.2) is 4.79 Å². The van der Waals surface area contributed by atoms with Crippen LogP contribution >= 0.6 is 0 Å². The second-order valence-corrected chi connectivity index (χ2v) is 7.13. The summed E-state index contributed by atoms with van der Waals surface area (Å²) >= 11 is 0. The van der Waals surface area contributed by atoms with E-state index in [0.29, 0.717) is 34.1 Å². The summed E-state index contributed by atoms with van der Waals surface area (Å²) in [6.45, 7) is 5.71. The molecule has 0 amide bonds. The molecule has 0 aliphatic rings. The van der Waals surface area contributed by atoms with Crippen LogP contribution in [0.4, 0.5) is 0 Å². The summed E-state index contributed by atoms with van der Waals surface area (Å²) in [5, 5.41) is 0. The van der Waals surface area contributed by atoms with Crippen molar-refractivity contribution in [3.05, 3.63) is 75.2 Å². The average molecular weight is 437 g/mol. The van der Waals surface area contributed by atoms with E-state index in [-0.39, 0.29) is 18.8 Å². The molecule has 3 rings (SSSR count). The van der Waals surface area contributed by atoms with E-state index in [9.17, 15) is 9.59 Å². The highest BCUT2D eigenvalue weighted by Gasteiger charge is 2.27. The van der Waals surface area contributed by atoms with Crippen molar-refractivity contribution < 1.29 is 23.7 Å². The number of aromatic amines is 1. The van der Waals surface area contributed by atoms with E-state index in [1.165, 1.54) is 14.2 Å². The summed E-state index contributed by atoms with van der Waals surface area (Å²) in [7, 11) is 3.05. The molecule has 7 heteroatoms. The van der Waals surface area contributed by atoms with Crippen LogP contribution in [0.2, 0.25) is 0 Å². The molecule has 3 aromatic rings. The third-order valence-electron chi connectivity index (χ3n) is 5.19. The lowest BCUT2D eigenvalue weighted by atomic mass is 9.94. The van der Waals surface area contributed by atoms with Gasteiger partial charge in [0, 0.05) is 16.8 Å². The van der Waals surface area contributed by atoms with Crippen LogP contribution in [0.3, 0.4) is 0 Å². The predicted octanol–water partition coefficient (Wildman–Crippen LogP) is 4.43. The van der Waals surface area contributed by atoms with Gasteiger partial charge in [-0.1, -0.05) is 30.3 Å². The first-order valence-electron chi connectivity index (χ1n) is 10.3. The summed E-state index contributed by atoms with van der Waals surface area (Å²) in [6, 6.07) is 13.1. The first kappa shape index (κ1) is 22.9. The molecule has 7 nitrogen and oxygen atoms in total. The number of nitrogens with one attached hydrogen (secondary N) is 1. The molecule has 0 aliphatic heterocycles. The van der Waals surface area contributed by atoms with Crippen molar-refractivity contribution in [1.82, 2.24) is 4.98 Å². The molecule has 168 valence electrons. The molecule has 32 heavy (non-hydrogen) atoms. The number of hydrogen-bond donors (Lipinski definition) is 1. The van der Waals surface area contributed by atoms with Gasteiger partial charge in [-0.2, -0.15) is 0 Å². The lowest BCUT2D eigenvalue weighted by molar-refractivity contribution is 0.0525. The highest BCUT2D eigenvalue weighted by atomic mass is 16.5. The number of benzene rings is 2. The Kier molecular flexibility index (Phi) is 7.20. The fraction of sp³-hybridized carbons (Fsp3) is 0.280. The summed E-state index contributed by atoms with van der Waals surface area (Å²) in [4.78, 5) is 28.3. The van der Waals surface area contributed by atoms with Crippen LogP contribution in [-0.4, -0.2) is 31.8 Å². The Morgan fingerprint density at radius 1 is 0.969 bits per heavy atom. The van der Waals surface area contributed by atoms with Gasteiger partial charge >= 0.3 is 5.97 Å². The lowest BCUT2D eigenvalue weighted by Crippen LogP contribution is -2.23. The van der Waals surface area contributed by atoms with Crippen LogP contribution in [-0.2, 0) is 11.3 Å². The van der Waals surface area contributed by atoms with Gasteiger partial charge in [0.2, 0.25) is 5.75 Å². The van der Waals surface area contributed by atoms with Gasteiger partial charge in [0.15, 0.2) is 11.5 Å². The molecule has 0 radical (unpaired) electrons. The van der Waals surface area contributed by atoms with Gasteiger partial charge in [0.25, 0.3) is 5.56 Å². The number of pyridine rings is 1. The normalized spacial score (nSPS) is 10.5. The van der Waals surface area contributed by atoms with Crippen molar-refractivity contribution in [2.75, 3.05) is 20.8 Å². The van der Waals surface area contributed by atoms with E-state index in [4.69, 9.17) is 18.9 Å². The minimum atomic E-state index is -0.698. The number of aryl methyl sites for hydroxylation is 1. The largest absolute Gasteiger partial charge is 0.493 e. The standard InChI is InChI=1S/C25H27NO6/c1-6-31-25(28)21-20(15(2)16(3)26-24(21)27)18-12-13-19(29-4)23(30-5)22(18)32-14-17-10-8-7-9-11-17/h7-13H,6,14H2,1-5H3,(H,26,27). The Balaban J connectivity index is 2.28. The van der Waals surface area contributed by atoms with Gasteiger partial charge < -0.3 is 23.9 Å². The van der Waals surface area contributed by atoms with E-state index < -0.39 is 11.5 Å². The Hall–Kier alpha value is -3.74. The van der Waals surface area contributed by atoms with E-state index in [0.717, 1.165) is 11.1 Å². The second-order valence-electron chi connectivity index (χ2n) is 7.13. The molecule has 0 atom stereocenters. The quantitative estimate of drug-likeness (QED) is 0.525. The van der Waals surface area contributed by atoms with Crippen molar-refractivity contribution in [2.45, 2.75) is 27.4 Å². The molecule has 0 fully saturated rings. The fourth-order valence-corrected chi connectivity index (χ4v) is 3.52. The molecule has 0 bridgehead atoms. The zero-order chi connectivity index (χ0) is 23.3. The number of ether oxygens (including phenoxy) is 4.